The van der Waals surface area contributed by atoms with Crippen LogP contribution in [0, 0.1) is 0 Å². The Morgan fingerprint density at radius 1 is 1.16 bits per heavy atom. The quantitative estimate of drug-likeness (QED) is 0.416. The largest absolute Gasteiger partial charge is 0.444 e. The highest BCUT2D eigenvalue weighted by molar-refractivity contribution is 5.79. The van der Waals surface area contributed by atoms with Crippen molar-refractivity contribution >= 4 is 5.96 Å². The molecule has 0 atom stereocenters. The van der Waals surface area contributed by atoms with Crippen LogP contribution in [0.5, 0.6) is 0 Å². The normalized spacial score (nSPS) is 11.8. The van der Waals surface area contributed by atoms with Crippen molar-refractivity contribution in [2.75, 3.05) is 33.2 Å². The molecule has 25 heavy (non-hydrogen) atoms. The van der Waals surface area contributed by atoms with Crippen molar-refractivity contribution in [2.45, 2.75) is 26.8 Å². The highest BCUT2D eigenvalue weighted by Gasteiger charge is 2.07. The molecule has 0 unspecified atom stereocenters. The van der Waals surface area contributed by atoms with Crippen molar-refractivity contribution < 1.29 is 4.42 Å². The second-order valence-corrected chi connectivity index (χ2v) is 5.74. The van der Waals surface area contributed by atoms with Gasteiger partial charge >= 0.3 is 0 Å². The lowest BCUT2D eigenvalue weighted by Crippen LogP contribution is -2.38. The molecule has 2 rings (SSSR count). The minimum Gasteiger partial charge on any atom is -0.444 e. The molecule has 0 fully saturated rings. The maximum absolute atomic E-state index is 5.55. The average Bonchev–Trinajstić information content (AvgIpc) is 3.14. The Hall–Kier alpha value is -2.34. The van der Waals surface area contributed by atoms with E-state index in [0.29, 0.717) is 12.4 Å². The number of nitrogens with one attached hydrogen (secondary N) is 2. The van der Waals surface area contributed by atoms with E-state index in [1.165, 1.54) is 0 Å². The molecule has 0 aliphatic rings. The molecule has 0 saturated carbocycles. The minimum absolute atomic E-state index is 0.575. The summed E-state index contributed by atoms with van der Waals surface area (Å²) in [7, 11) is 1.78. The van der Waals surface area contributed by atoms with Crippen LogP contribution in [0.4, 0.5) is 0 Å². The van der Waals surface area contributed by atoms with E-state index in [4.69, 9.17) is 4.42 Å². The van der Waals surface area contributed by atoms with Gasteiger partial charge in [0, 0.05) is 19.2 Å². The van der Waals surface area contributed by atoms with E-state index in [1.54, 1.807) is 13.3 Å². The predicted molar refractivity (Wildman–Crippen MR) is 103 cm³/mol. The number of aromatic nitrogens is 1. The second kappa shape index (κ2) is 10.5. The predicted octanol–water partition coefficient (Wildman–Crippen LogP) is 2.74. The van der Waals surface area contributed by atoms with Crippen LogP contribution in [-0.4, -0.2) is 49.1 Å². The van der Waals surface area contributed by atoms with Crippen LogP contribution in [0.2, 0.25) is 0 Å². The number of hydrogen-bond donors (Lipinski definition) is 2. The van der Waals surface area contributed by atoms with Crippen LogP contribution in [-0.2, 0) is 6.54 Å². The van der Waals surface area contributed by atoms with Gasteiger partial charge in [-0.25, -0.2) is 4.98 Å². The van der Waals surface area contributed by atoms with Gasteiger partial charge in [0.15, 0.2) is 5.96 Å². The summed E-state index contributed by atoms with van der Waals surface area (Å²) in [5.41, 5.74) is 1.83. The van der Waals surface area contributed by atoms with Crippen molar-refractivity contribution in [3.63, 3.8) is 0 Å². The summed E-state index contributed by atoms with van der Waals surface area (Å²) < 4.78 is 5.55. The van der Waals surface area contributed by atoms with Crippen molar-refractivity contribution in [2.24, 2.45) is 4.99 Å². The molecule has 0 spiro atoms. The molecule has 6 heteroatoms. The lowest BCUT2D eigenvalue weighted by Gasteiger charge is -2.18. The highest BCUT2D eigenvalue weighted by atomic mass is 16.3. The summed E-state index contributed by atoms with van der Waals surface area (Å²) >= 11 is 0. The van der Waals surface area contributed by atoms with Crippen molar-refractivity contribution in [1.82, 2.24) is 20.5 Å². The summed E-state index contributed by atoms with van der Waals surface area (Å²) in [4.78, 5) is 11.2. The number of oxazole rings is 1. The molecule has 0 bridgehead atoms. The summed E-state index contributed by atoms with van der Waals surface area (Å²) in [6, 6.07) is 9.90. The number of aliphatic imine (C=N–C) groups is 1. The van der Waals surface area contributed by atoms with E-state index >= 15 is 0 Å². The second-order valence-electron chi connectivity index (χ2n) is 5.74. The first-order valence-corrected chi connectivity index (χ1v) is 8.93. The molecule has 1 aromatic carbocycles. The Kier molecular flexibility index (Phi) is 7.98. The first-order chi connectivity index (χ1) is 12.3. The first kappa shape index (κ1) is 19.0. The third-order valence-electron chi connectivity index (χ3n) is 4.07. The van der Waals surface area contributed by atoms with Gasteiger partial charge in [0.1, 0.15) is 6.26 Å². The molecule has 0 amide bonds. The zero-order valence-corrected chi connectivity index (χ0v) is 15.5. The van der Waals surface area contributed by atoms with E-state index in [0.717, 1.165) is 49.8 Å². The molecule has 1 heterocycles. The van der Waals surface area contributed by atoms with Crippen LogP contribution >= 0.6 is 0 Å². The monoisotopic (exact) mass is 343 g/mol. The maximum atomic E-state index is 5.55. The Labute approximate surface area is 150 Å². The zero-order valence-electron chi connectivity index (χ0n) is 15.5. The van der Waals surface area contributed by atoms with Gasteiger partial charge in [0.25, 0.3) is 0 Å². The molecule has 0 aliphatic carbocycles. The molecule has 2 N–H and O–H groups in total. The summed E-state index contributed by atoms with van der Waals surface area (Å²) in [5, 5.41) is 6.60. The minimum atomic E-state index is 0.575. The van der Waals surface area contributed by atoms with Crippen molar-refractivity contribution in [3.8, 4) is 11.5 Å². The molecule has 2 aromatic rings. The van der Waals surface area contributed by atoms with Crippen LogP contribution in [0.15, 0.2) is 46.0 Å². The first-order valence-electron chi connectivity index (χ1n) is 8.93. The van der Waals surface area contributed by atoms with Crippen LogP contribution in [0.1, 0.15) is 26.0 Å². The molecule has 0 aliphatic heterocycles. The fraction of sp³-hybridized carbons (Fsp3) is 0.474. The molecule has 0 radical (unpaired) electrons. The van der Waals surface area contributed by atoms with E-state index in [1.807, 2.05) is 30.3 Å². The Morgan fingerprint density at radius 3 is 2.60 bits per heavy atom. The van der Waals surface area contributed by atoms with Crippen molar-refractivity contribution in [1.29, 1.82) is 0 Å². The molecule has 6 nitrogen and oxygen atoms in total. The van der Waals surface area contributed by atoms with E-state index in [-0.39, 0.29) is 0 Å². The molecule has 1 aromatic heterocycles. The zero-order chi connectivity index (χ0) is 17.9. The van der Waals surface area contributed by atoms with E-state index in [9.17, 15) is 0 Å². The maximum Gasteiger partial charge on any atom is 0.226 e. The fourth-order valence-electron chi connectivity index (χ4n) is 2.55. The van der Waals surface area contributed by atoms with Crippen molar-refractivity contribution in [3.05, 3.63) is 42.3 Å². The third-order valence-corrected chi connectivity index (χ3v) is 4.07. The molecular formula is C19H29N5O. The summed E-state index contributed by atoms with van der Waals surface area (Å²) in [5.74, 6) is 1.42. The number of guanidine groups is 1. The topological polar surface area (TPSA) is 65.7 Å². The van der Waals surface area contributed by atoms with Gasteiger partial charge in [-0.05, 0) is 38.2 Å². The lowest BCUT2D eigenvalue weighted by atomic mass is 10.2. The van der Waals surface area contributed by atoms with Gasteiger partial charge in [-0.1, -0.05) is 32.0 Å². The molecular weight excluding hydrogens is 314 g/mol. The molecule has 0 saturated heterocycles. The smallest absolute Gasteiger partial charge is 0.226 e. The number of benzene rings is 1. The summed E-state index contributed by atoms with van der Waals surface area (Å²) in [6.45, 7) is 9.15. The Morgan fingerprint density at radius 2 is 1.92 bits per heavy atom. The van der Waals surface area contributed by atoms with Crippen LogP contribution in [0.25, 0.3) is 11.5 Å². The van der Waals surface area contributed by atoms with E-state index < -0.39 is 0 Å². The number of hydrogen-bond acceptors (Lipinski definition) is 4. The lowest BCUT2D eigenvalue weighted by molar-refractivity contribution is 0.300. The summed E-state index contributed by atoms with van der Waals surface area (Å²) in [6.07, 6.45) is 2.77. The van der Waals surface area contributed by atoms with Gasteiger partial charge in [-0.3, -0.25) is 4.99 Å². The Bertz CT molecular complexity index is 634. The standard InChI is InChI=1S/C19H29N5O/c1-4-24(5-2)13-9-12-21-19(20-3)22-14-17-15-25-18(23-17)16-10-7-6-8-11-16/h6-8,10-11,15H,4-5,9,12-14H2,1-3H3,(H2,20,21,22). The van der Waals surface area contributed by atoms with E-state index in [2.05, 4.69) is 39.4 Å². The average molecular weight is 343 g/mol. The highest BCUT2D eigenvalue weighted by Crippen LogP contribution is 2.17. The van der Waals surface area contributed by atoms with Gasteiger partial charge in [0.2, 0.25) is 5.89 Å². The van der Waals surface area contributed by atoms with Gasteiger partial charge in [0.05, 0.1) is 12.2 Å². The fourth-order valence-corrected chi connectivity index (χ4v) is 2.55. The number of nitrogens with zero attached hydrogens (tertiary/aromatic N) is 3. The third kappa shape index (κ3) is 6.23. The SMILES string of the molecule is CCN(CC)CCCNC(=NC)NCc1coc(-c2ccccc2)n1. The molecule has 136 valence electrons. The van der Waals surface area contributed by atoms with Gasteiger partial charge in [-0.2, -0.15) is 0 Å². The number of rotatable bonds is 9. The van der Waals surface area contributed by atoms with Gasteiger partial charge < -0.3 is 20.0 Å². The van der Waals surface area contributed by atoms with Crippen LogP contribution < -0.4 is 10.6 Å². The Balaban J connectivity index is 1.75. The van der Waals surface area contributed by atoms with Crippen LogP contribution in [0.3, 0.4) is 0 Å². The van der Waals surface area contributed by atoms with Gasteiger partial charge in [-0.15, -0.1) is 0 Å².